The van der Waals surface area contributed by atoms with Crippen molar-refractivity contribution in [3.8, 4) is 0 Å². The maximum atomic E-state index is 6.04. The zero-order chi connectivity index (χ0) is 14.1. The molecule has 20 heavy (non-hydrogen) atoms. The first-order valence-corrected chi connectivity index (χ1v) is 7.95. The largest absolute Gasteiger partial charge is 0.353 e. The van der Waals surface area contributed by atoms with E-state index in [0.717, 1.165) is 17.9 Å². The predicted octanol–water partition coefficient (Wildman–Crippen LogP) is 4.60. The number of aromatic nitrogens is 1. The first-order valence-electron chi connectivity index (χ1n) is 7.41. The third-order valence-corrected chi connectivity index (χ3v) is 4.63. The maximum absolute atomic E-state index is 6.04. The summed E-state index contributed by atoms with van der Waals surface area (Å²) < 4.78 is 0. The first-order chi connectivity index (χ1) is 9.72. The summed E-state index contributed by atoms with van der Waals surface area (Å²) in [7, 11) is 0. The lowest BCUT2D eigenvalue weighted by atomic mass is 10.0. The third-order valence-electron chi connectivity index (χ3n) is 4.34. The highest BCUT2D eigenvalue weighted by molar-refractivity contribution is 6.18. The van der Waals surface area contributed by atoms with E-state index in [2.05, 4.69) is 43.0 Å². The van der Waals surface area contributed by atoms with E-state index in [9.17, 15) is 0 Å². The second-order valence-corrected chi connectivity index (χ2v) is 6.20. The van der Waals surface area contributed by atoms with E-state index in [-0.39, 0.29) is 0 Å². The van der Waals surface area contributed by atoms with Crippen molar-refractivity contribution >= 4 is 28.2 Å². The number of nitrogens with zero attached hydrogens (tertiary/aromatic N) is 2. The van der Waals surface area contributed by atoms with E-state index >= 15 is 0 Å². The quantitative estimate of drug-likeness (QED) is 0.768. The standard InChI is InChI=1S/C17H21ClN2/c1-12(2)16-8-5-9-20(16)17-15-7-4-3-6-14(15)13(10-18)11-19-17/h3-4,6-7,11-12,16H,5,8-10H2,1-2H3. The molecular formula is C17H21ClN2. The molecule has 0 radical (unpaired) electrons. The summed E-state index contributed by atoms with van der Waals surface area (Å²) in [6.07, 6.45) is 4.47. The second kappa shape index (κ2) is 5.61. The van der Waals surface area contributed by atoms with Gasteiger partial charge in [0.15, 0.2) is 0 Å². The van der Waals surface area contributed by atoms with Crippen LogP contribution in [0.2, 0.25) is 0 Å². The summed E-state index contributed by atoms with van der Waals surface area (Å²) in [4.78, 5) is 7.22. The van der Waals surface area contributed by atoms with Crippen molar-refractivity contribution in [3.05, 3.63) is 36.0 Å². The summed E-state index contributed by atoms with van der Waals surface area (Å²) in [5.74, 6) is 2.30. The molecule has 2 aromatic rings. The van der Waals surface area contributed by atoms with Gasteiger partial charge in [-0.05, 0) is 29.7 Å². The van der Waals surface area contributed by atoms with E-state index < -0.39 is 0 Å². The van der Waals surface area contributed by atoms with Crippen molar-refractivity contribution in [3.63, 3.8) is 0 Å². The Kier molecular flexibility index (Phi) is 3.84. The van der Waals surface area contributed by atoms with Gasteiger partial charge >= 0.3 is 0 Å². The number of hydrogen-bond acceptors (Lipinski definition) is 2. The Hall–Kier alpha value is -1.28. The molecule has 1 fully saturated rings. The molecule has 1 aliphatic heterocycles. The molecule has 0 saturated carbocycles. The van der Waals surface area contributed by atoms with Crippen LogP contribution in [-0.2, 0) is 5.88 Å². The van der Waals surface area contributed by atoms with Crippen molar-refractivity contribution in [2.45, 2.75) is 38.6 Å². The molecule has 1 aromatic carbocycles. The van der Waals surface area contributed by atoms with Crippen molar-refractivity contribution in [1.82, 2.24) is 4.98 Å². The maximum Gasteiger partial charge on any atom is 0.136 e. The fraction of sp³-hybridized carbons (Fsp3) is 0.471. The van der Waals surface area contributed by atoms with Crippen LogP contribution in [-0.4, -0.2) is 17.6 Å². The van der Waals surface area contributed by atoms with Crippen LogP contribution < -0.4 is 4.90 Å². The van der Waals surface area contributed by atoms with Gasteiger partial charge in [0.25, 0.3) is 0 Å². The number of rotatable bonds is 3. The van der Waals surface area contributed by atoms with Gasteiger partial charge in [-0.2, -0.15) is 0 Å². The van der Waals surface area contributed by atoms with E-state index in [4.69, 9.17) is 16.6 Å². The van der Waals surface area contributed by atoms with Crippen molar-refractivity contribution in [2.24, 2.45) is 5.92 Å². The Morgan fingerprint density at radius 1 is 1.30 bits per heavy atom. The molecule has 2 heterocycles. The average Bonchev–Trinajstić information content (AvgIpc) is 2.95. The van der Waals surface area contributed by atoms with E-state index in [0.29, 0.717) is 17.8 Å². The van der Waals surface area contributed by atoms with Crippen LogP contribution in [0.25, 0.3) is 10.8 Å². The van der Waals surface area contributed by atoms with Gasteiger partial charge in [0, 0.05) is 30.0 Å². The smallest absolute Gasteiger partial charge is 0.136 e. The van der Waals surface area contributed by atoms with E-state index in [1.54, 1.807) is 0 Å². The molecule has 1 atom stereocenters. The van der Waals surface area contributed by atoms with Crippen LogP contribution in [0.4, 0.5) is 5.82 Å². The van der Waals surface area contributed by atoms with Crippen LogP contribution in [0.3, 0.4) is 0 Å². The molecule has 0 spiro atoms. The highest BCUT2D eigenvalue weighted by atomic mass is 35.5. The Morgan fingerprint density at radius 2 is 2.05 bits per heavy atom. The molecule has 0 aliphatic carbocycles. The predicted molar refractivity (Wildman–Crippen MR) is 86.5 cm³/mol. The molecule has 0 amide bonds. The lowest BCUT2D eigenvalue weighted by Crippen LogP contribution is -2.34. The lowest BCUT2D eigenvalue weighted by molar-refractivity contribution is 0.490. The summed E-state index contributed by atoms with van der Waals surface area (Å²) in [6, 6.07) is 9.09. The number of fused-ring (bicyclic) bond motifs is 1. The number of halogens is 1. The molecule has 2 nitrogen and oxygen atoms in total. The van der Waals surface area contributed by atoms with Gasteiger partial charge in [-0.3, -0.25) is 0 Å². The summed E-state index contributed by atoms with van der Waals surface area (Å²) in [5.41, 5.74) is 1.12. The number of alkyl halides is 1. The van der Waals surface area contributed by atoms with Gasteiger partial charge in [-0.25, -0.2) is 4.98 Å². The number of pyridine rings is 1. The highest BCUT2D eigenvalue weighted by Crippen LogP contribution is 2.34. The van der Waals surface area contributed by atoms with Gasteiger partial charge in [-0.1, -0.05) is 38.1 Å². The first kappa shape index (κ1) is 13.7. The number of benzene rings is 1. The normalized spacial score (nSPS) is 19.2. The zero-order valence-electron chi connectivity index (χ0n) is 12.1. The minimum Gasteiger partial charge on any atom is -0.353 e. The SMILES string of the molecule is CC(C)C1CCCN1c1ncc(CCl)c2ccccc12. The molecule has 1 aliphatic rings. The molecule has 0 N–H and O–H groups in total. The van der Waals surface area contributed by atoms with Gasteiger partial charge in [0.05, 0.1) is 0 Å². The third kappa shape index (κ3) is 2.26. The minimum atomic E-state index is 0.515. The molecular weight excluding hydrogens is 268 g/mol. The van der Waals surface area contributed by atoms with Crippen molar-refractivity contribution < 1.29 is 0 Å². The summed E-state index contributed by atoms with van der Waals surface area (Å²) >= 11 is 6.04. The van der Waals surface area contributed by atoms with E-state index in [1.807, 2.05) is 6.20 Å². The lowest BCUT2D eigenvalue weighted by Gasteiger charge is -2.30. The molecule has 1 aromatic heterocycles. The fourth-order valence-electron chi connectivity index (χ4n) is 3.32. The number of anilines is 1. The van der Waals surface area contributed by atoms with Gasteiger partial charge in [0.2, 0.25) is 0 Å². The van der Waals surface area contributed by atoms with Crippen LogP contribution in [0.15, 0.2) is 30.5 Å². The van der Waals surface area contributed by atoms with Crippen LogP contribution in [0, 0.1) is 5.92 Å². The summed E-state index contributed by atoms with van der Waals surface area (Å²) in [5, 5.41) is 2.47. The molecule has 1 saturated heterocycles. The van der Waals surface area contributed by atoms with E-state index in [1.165, 1.54) is 23.6 Å². The molecule has 3 rings (SSSR count). The molecule has 106 valence electrons. The summed E-state index contributed by atoms with van der Waals surface area (Å²) in [6.45, 7) is 5.72. The Morgan fingerprint density at radius 3 is 2.75 bits per heavy atom. The van der Waals surface area contributed by atoms with Crippen molar-refractivity contribution in [2.75, 3.05) is 11.4 Å². The fourth-order valence-corrected chi connectivity index (χ4v) is 3.53. The van der Waals surface area contributed by atoms with Gasteiger partial charge in [-0.15, -0.1) is 11.6 Å². The van der Waals surface area contributed by atoms with Crippen LogP contribution >= 0.6 is 11.6 Å². The van der Waals surface area contributed by atoms with Gasteiger partial charge < -0.3 is 4.90 Å². The topological polar surface area (TPSA) is 16.1 Å². The second-order valence-electron chi connectivity index (χ2n) is 5.93. The monoisotopic (exact) mass is 288 g/mol. The minimum absolute atomic E-state index is 0.515. The van der Waals surface area contributed by atoms with Crippen LogP contribution in [0.5, 0.6) is 0 Å². The molecule has 1 unspecified atom stereocenters. The Balaban J connectivity index is 2.12. The average molecular weight is 289 g/mol. The number of hydrogen-bond donors (Lipinski definition) is 0. The highest BCUT2D eigenvalue weighted by Gasteiger charge is 2.29. The van der Waals surface area contributed by atoms with Crippen molar-refractivity contribution in [1.29, 1.82) is 0 Å². The zero-order valence-corrected chi connectivity index (χ0v) is 12.9. The Labute approximate surface area is 125 Å². The molecule has 3 heteroatoms. The van der Waals surface area contributed by atoms with Crippen LogP contribution in [0.1, 0.15) is 32.3 Å². The Bertz CT molecular complexity index is 609. The van der Waals surface area contributed by atoms with Gasteiger partial charge in [0.1, 0.15) is 5.82 Å². The molecule has 0 bridgehead atoms.